The number of ether oxygens (including phenoxy) is 1. The van der Waals surface area contributed by atoms with Gasteiger partial charge in [-0.15, -0.1) is 0 Å². The third-order valence-corrected chi connectivity index (χ3v) is 3.80. The Balaban J connectivity index is 1.93. The average molecular weight is 261 g/mol. The van der Waals surface area contributed by atoms with Crippen molar-refractivity contribution >= 4 is 5.78 Å². The minimum atomic E-state index is 0.274. The van der Waals surface area contributed by atoms with Crippen LogP contribution in [0.15, 0.2) is 18.2 Å². The number of nitrogens with zero attached hydrogens (tertiary/aromatic N) is 1. The highest BCUT2D eigenvalue weighted by atomic mass is 16.5. The lowest BCUT2D eigenvalue weighted by Crippen LogP contribution is -2.27. The van der Waals surface area contributed by atoms with Crippen LogP contribution in [0.5, 0.6) is 5.75 Å². The molecule has 0 spiro atoms. The molecule has 0 bridgehead atoms. The van der Waals surface area contributed by atoms with Gasteiger partial charge >= 0.3 is 0 Å². The molecule has 0 atom stereocenters. The van der Waals surface area contributed by atoms with Crippen molar-refractivity contribution in [1.29, 1.82) is 0 Å². The van der Waals surface area contributed by atoms with E-state index in [4.69, 9.17) is 4.74 Å². The van der Waals surface area contributed by atoms with Crippen LogP contribution in [0, 0.1) is 0 Å². The molecule has 0 aliphatic heterocycles. The Morgan fingerprint density at radius 3 is 2.74 bits per heavy atom. The number of aryl methyl sites for hydroxylation is 1. The molecule has 0 unspecified atom stereocenters. The molecule has 3 heteroatoms. The van der Waals surface area contributed by atoms with Gasteiger partial charge in [0.25, 0.3) is 0 Å². The Bertz CT molecular complexity index is 438. The van der Waals surface area contributed by atoms with Crippen molar-refractivity contribution < 1.29 is 9.53 Å². The first kappa shape index (κ1) is 14.1. The molecule has 1 aliphatic carbocycles. The number of carbonyl (C=O) groups excluding carboxylic acids is 1. The summed E-state index contributed by atoms with van der Waals surface area (Å²) in [6, 6.07) is 5.88. The van der Waals surface area contributed by atoms with Gasteiger partial charge in [0, 0.05) is 18.5 Å². The van der Waals surface area contributed by atoms with Crippen molar-refractivity contribution in [1.82, 2.24) is 4.90 Å². The first-order valence-electron chi connectivity index (χ1n) is 7.25. The Labute approximate surface area is 115 Å². The van der Waals surface area contributed by atoms with E-state index >= 15 is 0 Å². The molecule has 2 rings (SSSR count). The van der Waals surface area contributed by atoms with Gasteiger partial charge in [-0.05, 0) is 49.7 Å². The molecule has 0 N–H and O–H groups in total. The van der Waals surface area contributed by atoms with Gasteiger partial charge in [-0.2, -0.15) is 0 Å². The second-order valence-corrected chi connectivity index (χ2v) is 4.97. The van der Waals surface area contributed by atoms with Crippen LogP contribution < -0.4 is 4.74 Å². The molecule has 0 amide bonds. The Hall–Kier alpha value is -1.35. The summed E-state index contributed by atoms with van der Waals surface area (Å²) in [5.74, 6) is 1.16. The maximum absolute atomic E-state index is 11.7. The normalized spacial score (nSPS) is 14.6. The SMILES string of the molecule is CCN(CC)CCOc1ccc2c(c1)CCCC2=O. The number of hydrogen-bond acceptors (Lipinski definition) is 3. The summed E-state index contributed by atoms with van der Waals surface area (Å²) in [6.07, 6.45) is 2.65. The minimum Gasteiger partial charge on any atom is -0.492 e. The fourth-order valence-electron chi connectivity index (χ4n) is 2.55. The van der Waals surface area contributed by atoms with Gasteiger partial charge in [0.2, 0.25) is 0 Å². The Morgan fingerprint density at radius 2 is 2.00 bits per heavy atom. The smallest absolute Gasteiger partial charge is 0.163 e. The van der Waals surface area contributed by atoms with Gasteiger partial charge in [-0.3, -0.25) is 4.79 Å². The molecule has 3 nitrogen and oxygen atoms in total. The van der Waals surface area contributed by atoms with Crippen LogP contribution in [0.25, 0.3) is 0 Å². The quantitative estimate of drug-likeness (QED) is 0.788. The van der Waals surface area contributed by atoms with Crippen LogP contribution in [0.2, 0.25) is 0 Å². The molecule has 19 heavy (non-hydrogen) atoms. The van der Waals surface area contributed by atoms with Crippen LogP contribution >= 0.6 is 0 Å². The Kier molecular flexibility index (Phi) is 4.97. The molecule has 1 aromatic carbocycles. The van der Waals surface area contributed by atoms with Gasteiger partial charge in [-0.1, -0.05) is 13.8 Å². The summed E-state index contributed by atoms with van der Waals surface area (Å²) in [7, 11) is 0. The molecule has 0 radical (unpaired) electrons. The Morgan fingerprint density at radius 1 is 1.21 bits per heavy atom. The summed E-state index contributed by atoms with van der Waals surface area (Å²) in [5, 5.41) is 0. The highest BCUT2D eigenvalue weighted by Gasteiger charge is 2.17. The van der Waals surface area contributed by atoms with Crippen LogP contribution in [-0.2, 0) is 6.42 Å². The second kappa shape index (κ2) is 6.71. The zero-order valence-electron chi connectivity index (χ0n) is 11.9. The largest absolute Gasteiger partial charge is 0.492 e. The lowest BCUT2D eigenvalue weighted by atomic mass is 9.91. The highest BCUT2D eigenvalue weighted by molar-refractivity contribution is 5.98. The molecule has 0 fully saturated rings. The number of hydrogen-bond donors (Lipinski definition) is 0. The molecule has 0 heterocycles. The topological polar surface area (TPSA) is 29.5 Å². The van der Waals surface area contributed by atoms with E-state index in [2.05, 4.69) is 18.7 Å². The zero-order chi connectivity index (χ0) is 13.7. The number of fused-ring (bicyclic) bond motifs is 1. The monoisotopic (exact) mass is 261 g/mol. The predicted octanol–water partition coefficient (Wildman–Crippen LogP) is 2.93. The average Bonchev–Trinajstić information content (AvgIpc) is 2.44. The summed E-state index contributed by atoms with van der Waals surface area (Å²) in [4.78, 5) is 14.1. The lowest BCUT2D eigenvalue weighted by molar-refractivity contribution is 0.0972. The van der Waals surface area contributed by atoms with Crippen LogP contribution in [0.3, 0.4) is 0 Å². The number of carbonyl (C=O) groups is 1. The van der Waals surface area contributed by atoms with E-state index in [9.17, 15) is 4.79 Å². The van der Waals surface area contributed by atoms with Crippen LogP contribution in [-0.4, -0.2) is 36.9 Å². The van der Waals surface area contributed by atoms with Crippen molar-refractivity contribution in [3.8, 4) is 5.75 Å². The van der Waals surface area contributed by atoms with Crippen molar-refractivity contribution in [3.05, 3.63) is 29.3 Å². The van der Waals surface area contributed by atoms with E-state index in [-0.39, 0.29) is 5.78 Å². The van der Waals surface area contributed by atoms with E-state index in [0.717, 1.165) is 49.4 Å². The molecule has 0 aromatic heterocycles. The van der Waals surface area contributed by atoms with Gasteiger partial charge in [-0.25, -0.2) is 0 Å². The summed E-state index contributed by atoms with van der Waals surface area (Å²) in [5.41, 5.74) is 2.04. The number of Topliss-reactive ketones (excluding diaryl/α,β-unsaturated/α-hetero) is 1. The molecule has 1 aromatic rings. The first-order valence-corrected chi connectivity index (χ1v) is 7.25. The van der Waals surface area contributed by atoms with E-state index in [1.54, 1.807) is 0 Å². The van der Waals surface area contributed by atoms with Crippen molar-refractivity contribution in [3.63, 3.8) is 0 Å². The van der Waals surface area contributed by atoms with Crippen molar-refractivity contribution in [2.45, 2.75) is 33.1 Å². The fourth-order valence-corrected chi connectivity index (χ4v) is 2.55. The summed E-state index contributed by atoms with van der Waals surface area (Å²) >= 11 is 0. The summed E-state index contributed by atoms with van der Waals surface area (Å²) in [6.45, 7) is 8.08. The van der Waals surface area contributed by atoms with Crippen LogP contribution in [0.1, 0.15) is 42.6 Å². The van der Waals surface area contributed by atoms with E-state index in [1.165, 1.54) is 0 Å². The van der Waals surface area contributed by atoms with Gasteiger partial charge in [0.1, 0.15) is 12.4 Å². The second-order valence-electron chi connectivity index (χ2n) is 4.97. The molecular formula is C16H23NO2. The number of rotatable bonds is 6. The molecule has 0 saturated heterocycles. The molecule has 0 saturated carbocycles. The zero-order valence-corrected chi connectivity index (χ0v) is 11.9. The van der Waals surface area contributed by atoms with Gasteiger partial charge in [0.05, 0.1) is 0 Å². The van der Waals surface area contributed by atoms with Gasteiger partial charge < -0.3 is 9.64 Å². The summed E-state index contributed by atoms with van der Waals surface area (Å²) < 4.78 is 5.79. The molecular weight excluding hydrogens is 238 g/mol. The highest BCUT2D eigenvalue weighted by Crippen LogP contribution is 2.25. The van der Waals surface area contributed by atoms with E-state index in [1.807, 2.05) is 18.2 Å². The molecule has 104 valence electrons. The van der Waals surface area contributed by atoms with Crippen molar-refractivity contribution in [2.24, 2.45) is 0 Å². The third-order valence-electron chi connectivity index (χ3n) is 3.80. The molecule has 1 aliphatic rings. The minimum absolute atomic E-state index is 0.274. The van der Waals surface area contributed by atoms with E-state index in [0.29, 0.717) is 13.0 Å². The lowest BCUT2D eigenvalue weighted by Gasteiger charge is -2.19. The standard InChI is InChI=1S/C16H23NO2/c1-3-17(4-2)10-11-19-14-8-9-15-13(12-14)6-5-7-16(15)18/h8-9,12H,3-7,10-11H2,1-2H3. The fraction of sp³-hybridized carbons (Fsp3) is 0.562. The maximum atomic E-state index is 11.7. The number of ketones is 1. The predicted molar refractivity (Wildman–Crippen MR) is 77.0 cm³/mol. The number of likely N-dealkylation sites (N-methyl/N-ethyl adjacent to an activating group) is 1. The first-order chi connectivity index (χ1) is 9.24. The number of benzene rings is 1. The van der Waals surface area contributed by atoms with Crippen molar-refractivity contribution in [2.75, 3.05) is 26.2 Å². The van der Waals surface area contributed by atoms with E-state index < -0.39 is 0 Å². The van der Waals surface area contributed by atoms with Crippen LogP contribution in [0.4, 0.5) is 0 Å². The maximum Gasteiger partial charge on any atom is 0.163 e. The van der Waals surface area contributed by atoms with Gasteiger partial charge in [0.15, 0.2) is 5.78 Å². The third kappa shape index (κ3) is 3.57.